The Balaban J connectivity index is 2.11. The van der Waals surface area contributed by atoms with E-state index in [9.17, 15) is 9.59 Å². The van der Waals surface area contributed by atoms with Crippen molar-refractivity contribution in [1.82, 2.24) is 5.43 Å². The molecule has 1 aromatic carbocycles. The molecule has 150 valence electrons. The lowest BCUT2D eigenvalue weighted by Gasteiger charge is -2.10. The smallest absolute Gasteiger partial charge is 0.313 e. The van der Waals surface area contributed by atoms with Crippen LogP contribution in [0.15, 0.2) is 29.4 Å². The Kier molecular flexibility index (Phi) is 8.07. The molecule has 0 atom stereocenters. The van der Waals surface area contributed by atoms with Gasteiger partial charge in [-0.15, -0.1) is 23.1 Å². The van der Waals surface area contributed by atoms with E-state index in [1.165, 1.54) is 28.0 Å². The summed E-state index contributed by atoms with van der Waals surface area (Å²) in [7, 11) is 1.58. The number of carbonyl (C=O) groups excluding carboxylic acids is 1. The number of thiophene rings is 1. The van der Waals surface area contributed by atoms with Crippen molar-refractivity contribution >= 4 is 40.7 Å². The molecule has 0 aliphatic rings. The van der Waals surface area contributed by atoms with E-state index in [4.69, 9.17) is 9.84 Å². The molecule has 28 heavy (non-hydrogen) atoms. The maximum absolute atomic E-state index is 12.3. The van der Waals surface area contributed by atoms with E-state index in [1.54, 1.807) is 7.11 Å². The molecule has 0 unspecified atom stereocenters. The monoisotopic (exact) mass is 420 g/mol. The molecule has 8 heteroatoms. The molecule has 0 bridgehead atoms. The van der Waals surface area contributed by atoms with Gasteiger partial charge in [0.1, 0.15) is 5.75 Å². The Hall–Kier alpha value is -2.32. The maximum atomic E-state index is 12.3. The van der Waals surface area contributed by atoms with Gasteiger partial charge in [0, 0.05) is 16.2 Å². The van der Waals surface area contributed by atoms with Crippen LogP contribution in [-0.4, -0.2) is 35.6 Å². The van der Waals surface area contributed by atoms with Crippen molar-refractivity contribution in [3.63, 3.8) is 0 Å². The number of carbonyl (C=O) groups is 2. The zero-order valence-electron chi connectivity index (χ0n) is 16.4. The summed E-state index contributed by atoms with van der Waals surface area (Å²) >= 11 is 2.78. The first-order valence-electron chi connectivity index (χ1n) is 8.76. The average Bonchev–Trinajstić information content (AvgIpc) is 3.06. The van der Waals surface area contributed by atoms with Crippen LogP contribution in [0.1, 0.15) is 45.1 Å². The fraction of sp³-hybridized carbons (Fsp3) is 0.350. The van der Waals surface area contributed by atoms with Gasteiger partial charge in [0.25, 0.3) is 5.91 Å². The molecule has 1 aromatic heterocycles. The van der Waals surface area contributed by atoms with E-state index in [0.29, 0.717) is 22.1 Å². The summed E-state index contributed by atoms with van der Waals surface area (Å²) in [6.45, 7) is 5.88. The Bertz CT molecular complexity index is 890. The molecule has 0 aliphatic heterocycles. The highest BCUT2D eigenvalue weighted by molar-refractivity contribution is 7.99. The van der Waals surface area contributed by atoms with Crippen LogP contribution in [-0.2, 0) is 17.0 Å². The van der Waals surface area contributed by atoms with E-state index in [2.05, 4.69) is 17.5 Å². The number of carboxylic acid groups (broad SMARTS) is 1. The third kappa shape index (κ3) is 5.84. The predicted octanol–water partition coefficient (Wildman–Crippen LogP) is 4.10. The topological polar surface area (TPSA) is 88.0 Å². The average molecular weight is 421 g/mol. The van der Waals surface area contributed by atoms with Gasteiger partial charge in [-0.05, 0) is 55.7 Å². The van der Waals surface area contributed by atoms with E-state index in [-0.39, 0.29) is 11.7 Å². The standard InChI is InChI=1S/C20H24N2O4S2/c1-5-17-12(2)8-18(28-17)20(25)22-21-13(3)14-6-7-16(26-4)15(9-14)10-27-11-19(23)24/h6-9H,5,10-11H2,1-4H3,(H,22,25)(H,23,24)/b21-13-. The van der Waals surface area contributed by atoms with Crippen LogP contribution in [0.2, 0.25) is 0 Å². The SMILES string of the molecule is CCc1sc(C(=O)N/N=C(/C)c2ccc(OC)c(CSCC(=O)O)c2)cc1C. The molecular weight excluding hydrogens is 396 g/mol. The van der Waals surface area contributed by atoms with Crippen LogP contribution >= 0.6 is 23.1 Å². The number of hydrogen-bond donors (Lipinski definition) is 2. The molecule has 0 saturated carbocycles. The molecule has 1 amide bonds. The van der Waals surface area contributed by atoms with Gasteiger partial charge in [-0.3, -0.25) is 9.59 Å². The Labute approximate surface area is 173 Å². The zero-order chi connectivity index (χ0) is 20.7. The molecule has 2 rings (SSSR count). The van der Waals surface area contributed by atoms with Crippen LogP contribution in [0.4, 0.5) is 0 Å². The molecule has 0 fully saturated rings. The molecule has 1 heterocycles. The third-order valence-electron chi connectivity index (χ3n) is 4.07. The minimum absolute atomic E-state index is 0.0243. The maximum Gasteiger partial charge on any atom is 0.313 e. The molecule has 6 nitrogen and oxygen atoms in total. The van der Waals surface area contributed by atoms with Crippen LogP contribution in [0.5, 0.6) is 5.75 Å². The second-order valence-corrected chi connectivity index (χ2v) is 8.24. The number of hydrazone groups is 1. The number of nitrogens with zero attached hydrogens (tertiary/aromatic N) is 1. The third-order valence-corrected chi connectivity index (χ3v) is 6.42. The van der Waals surface area contributed by atoms with Crippen molar-refractivity contribution < 1.29 is 19.4 Å². The Morgan fingerprint density at radius 1 is 1.32 bits per heavy atom. The highest BCUT2D eigenvalue weighted by Crippen LogP contribution is 2.25. The van der Waals surface area contributed by atoms with Crippen molar-refractivity contribution in [3.05, 3.63) is 50.7 Å². The zero-order valence-corrected chi connectivity index (χ0v) is 18.0. The van der Waals surface area contributed by atoms with Gasteiger partial charge >= 0.3 is 5.97 Å². The normalized spacial score (nSPS) is 11.4. The fourth-order valence-electron chi connectivity index (χ4n) is 2.60. The van der Waals surface area contributed by atoms with Gasteiger partial charge in [-0.2, -0.15) is 5.10 Å². The molecule has 2 aromatic rings. The van der Waals surface area contributed by atoms with E-state index in [1.807, 2.05) is 38.1 Å². The number of amides is 1. The van der Waals surface area contributed by atoms with Gasteiger partial charge in [0.15, 0.2) is 0 Å². The highest BCUT2D eigenvalue weighted by Gasteiger charge is 2.12. The summed E-state index contributed by atoms with van der Waals surface area (Å²) in [6, 6.07) is 7.47. The van der Waals surface area contributed by atoms with Gasteiger partial charge in [-0.1, -0.05) is 6.92 Å². The van der Waals surface area contributed by atoms with Crippen molar-refractivity contribution in [2.75, 3.05) is 12.9 Å². The van der Waals surface area contributed by atoms with Crippen LogP contribution in [0, 0.1) is 6.92 Å². The molecular formula is C20H24N2O4S2. The van der Waals surface area contributed by atoms with Gasteiger partial charge < -0.3 is 9.84 Å². The number of nitrogens with one attached hydrogen (secondary N) is 1. The highest BCUT2D eigenvalue weighted by atomic mass is 32.2. The van der Waals surface area contributed by atoms with Crippen molar-refractivity contribution in [2.45, 2.75) is 32.9 Å². The number of benzene rings is 1. The minimum Gasteiger partial charge on any atom is -0.496 e. The fourth-order valence-corrected chi connectivity index (χ4v) is 4.33. The number of aryl methyl sites for hydroxylation is 2. The lowest BCUT2D eigenvalue weighted by Crippen LogP contribution is -2.18. The van der Waals surface area contributed by atoms with Crippen molar-refractivity contribution in [1.29, 1.82) is 0 Å². The first-order valence-corrected chi connectivity index (χ1v) is 10.7. The molecule has 2 N–H and O–H groups in total. The minimum atomic E-state index is -0.851. The number of thioether (sulfide) groups is 1. The summed E-state index contributed by atoms with van der Waals surface area (Å²) < 4.78 is 5.35. The predicted molar refractivity (Wildman–Crippen MR) is 115 cm³/mol. The number of carboxylic acids is 1. The summed E-state index contributed by atoms with van der Waals surface area (Å²) in [5.74, 6) is 0.154. The first kappa shape index (κ1) is 22.0. The number of rotatable bonds is 9. The number of hydrogen-bond acceptors (Lipinski definition) is 6. The van der Waals surface area contributed by atoms with Crippen LogP contribution < -0.4 is 10.2 Å². The summed E-state index contributed by atoms with van der Waals surface area (Å²) in [4.78, 5) is 24.9. The van der Waals surface area contributed by atoms with Gasteiger partial charge in [0.05, 0.1) is 23.5 Å². The molecule has 0 spiro atoms. The van der Waals surface area contributed by atoms with Crippen LogP contribution in [0.25, 0.3) is 0 Å². The van der Waals surface area contributed by atoms with Gasteiger partial charge in [0.2, 0.25) is 0 Å². The second-order valence-electron chi connectivity index (χ2n) is 6.12. The Morgan fingerprint density at radius 2 is 2.07 bits per heavy atom. The van der Waals surface area contributed by atoms with E-state index < -0.39 is 5.97 Å². The molecule has 0 radical (unpaired) electrons. The summed E-state index contributed by atoms with van der Waals surface area (Å²) in [5, 5.41) is 13.0. The molecule has 0 saturated heterocycles. The lowest BCUT2D eigenvalue weighted by molar-refractivity contribution is -0.133. The number of methoxy groups -OCH3 is 1. The summed E-state index contributed by atoms with van der Waals surface area (Å²) in [6.07, 6.45) is 0.903. The summed E-state index contributed by atoms with van der Waals surface area (Å²) in [5.41, 5.74) is 6.11. The second kappa shape index (κ2) is 10.3. The van der Waals surface area contributed by atoms with Crippen molar-refractivity contribution in [3.8, 4) is 5.75 Å². The van der Waals surface area contributed by atoms with Crippen LogP contribution in [0.3, 0.4) is 0 Å². The lowest BCUT2D eigenvalue weighted by atomic mass is 10.1. The Morgan fingerprint density at radius 3 is 2.68 bits per heavy atom. The quantitative estimate of drug-likeness (QED) is 0.471. The van der Waals surface area contributed by atoms with E-state index >= 15 is 0 Å². The van der Waals surface area contributed by atoms with Crippen molar-refractivity contribution in [2.24, 2.45) is 5.10 Å². The van der Waals surface area contributed by atoms with Gasteiger partial charge in [-0.25, -0.2) is 5.43 Å². The molecule has 0 aliphatic carbocycles. The first-order chi connectivity index (χ1) is 13.3. The number of aliphatic carboxylic acids is 1. The largest absolute Gasteiger partial charge is 0.496 e. The number of ether oxygens (including phenoxy) is 1. The van der Waals surface area contributed by atoms with E-state index in [0.717, 1.165) is 23.1 Å².